The van der Waals surface area contributed by atoms with E-state index in [1.807, 2.05) is 4.90 Å². The number of fused-ring (bicyclic) bond motifs is 1. The second kappa shape index (κ2) is 8.76. The Morgan fingerprint density at radius 1 is 1.17 bits per heavy atom. The highest BCUT2D eigenvalue weighted by molar-refractivity contribution is 8.15. The molecular weight excluding hydrogens is 411 g/mol. The van der Waals surface area contributed by atoms with E-state index in [2.05, 4.69) is 4.99 Å². The molecule has 3 fully saturated rings. The molecule has 1 aromatic rings. The van der Waals surface area contributed by atoms with Crippen LogP contribution in [0.15, 0.2) is 29.3 Å². The van der Waals surface area contributed by atoms with E-state index in [1.165, 1.54) is 49.6 Å². The number of amides is 1. The van der Waals surface area contributed by atoms with E-state index >= 15 is 0 Å². The molecule has 1 aromatic carbocycles. The number of nitrogens with zero attached hydrogens (tertiary/aromatic N) is 2. The third-order valence-corrected chi connectivity index (χ3v) is 9.44. The Hall–Kier alpha value is -1.41. The summed E-state index contributed by atoms with van der Waals surface area (Å²) in [6.45, 7) is 0.573. The predicted molar refractivity (Wildman–Crippen MR) is 114 cm³/mol. The van der Waals surface area contributed by atoms with Crippen LogP contribution in [-0.2, 0) is 21.1 Å². The summed E-state index contributed by atoms with van der Waals surface area (Å²) < 4.78 is 37.3. The standard InChI is InChI=1S/C21H27FN2O3S2/c22-17-8-5-16(6-9-17)11-12-24-18-13-29(26,27)14-19(18)28-21(24)23-20(25)10-7-15-3-1-2-4-15/h5-6,8-9,15,18-19H,1-4,7,10-14H2/t18-,19-/m0/s1. The number of amidine groups is 1. The van der Waals surface area contributed by atoms with Gasteiger partial charge in [-0.2, -0.15) is 4.99 Å². The summed E-state index contributed by atoms with van der Waals surface area (Å²) in [5, 5.41) is 0.600. The van der Waals surface area contributed by atoms with Crippen LogP contribution < -0.4 is 0 Å². The quantitative estimate of drug-likeness (QED) is 0.681. The van der Waals surface area contributed by atoms with Crippen LogP contribution in [0.5, 0.6) is 0 Å². The molecule has 5 nitrogen and oxygen atoms in total. The number of carbonyl (C=O) groups is 1. The molecule has 3 aliphatic rings. The third-order valence-electron chi connectivity index (χ3n) is 6.19. The Labute approximate surface area is 176 Å². The summed E-state index contributed by atoms with van der Waals surface area (Å²) in [5.74, 6) is 0.527. The molecule has 0 unspecified atom stereocenters. The van der Waals surface area contributed by atoms with Crippen LogP contribution in [0.4, 0.5) is 4.39 Å². The molecule has 1 amide bonds. The van der Waals surface area contributed by atoms with Gasteiger partial charge in [-0.15, -0.1) is 0 Å². The zero-order valence-corrected chi connectivity index (χ0v) is 18.1. The number of carbonyl (C=O) groups excluding carboxylic acids is 1. The van der Waals surface area contributed by atoms with Crippen molar-refractivity contribution >= 4 is 32.7 Å². The zero-order chi connectivity index (χ0) is 20.4. The van der Waals surface area contributed by atoms with Crippen molar-refractivity contribution in [3.8, 4) is 0 Å². The maximum absolute atomic E-state index is 13.1. The lowest BCUT2D eigenvalue weighted by Gasteiger charge is -2.24. The van der Waals surface area contributed by atoms with Crippen LogP contribution in [-0.4, -0.2) is 53.7 Å². The van der Waals surface area contributed by atoms with Gasteiger partial charge in [-0.3, -0.25) is 4.79 Å². The van der Waals surface area contributed by atoms with Gasteiger partial charge in [-0.05, 0) is 36.5 Å². The average Bonchev–Trinajstić information content (AvgIpc) is 3.35. The van der Waals surface area contributed by atoms with Crippen molar-refractivity contribution in [3.63, 3.8) is 0 Å². The summed E-state index contributed by atoms with van der Waals surface area (Å²) in [6, 6.07) is 6.21. The molecule has 1 saturated carbocycles. The van der Waals surface area contributed by atoms with Crippen LogP contribution in [0.1, 0.15) is 44.1 Å². The van der Waals surface area contributed by atoms with E-state index < -0.39 is 9.84 Å². The zero-order valence-electron chi connectivity index (χ0n) is 16.4. The van der Waals surface area contributed by atoms with Gasteiger partial charge in [0.2, 0.25) is 5.91 Å². The molecule has 0 bridgehead atoms. The van der Waals surface area contributed by atoms with Crippen LogP contribution in [0, 0.1) is 11.7 Å². The highest BCUT2D eigenvalue weighted by atomic mass is 32.2. The largest absolute Gasteiger partial charge is 0.346 e. The molecule has 1 aliphatic carbocycles. The van der Waals surface area contributed by atoms with Crippen molar-refractivity contribution in [1.29, 1.82) is 0 Å². The van der Waals surface area contributed by atoms with Crippen molar-refractivity contribution in [1.82, 2.24) is 4.90 Å². The van der Waals surface area contributed by atoms with Crippen LogP contribution in [0.2, 0.25) is 0 Å². The Morgan fingerprint density at radius 2 is 1.90 bits per heavy atom. The van der Waals surface area contributed by atoms with Gasteiger partial charge >= 0.3 is 0 Å². The number of benzene rings is 1. The minimum absolute atomic E-state index is 0.0606. The lowest BCUT2D eigenvalue weighted by molar-refractivity contribution is -0.118. The molecular formula is C21H27FN2O3S2. The number of aliphatic imine (C=N–C) groups is 1. The third kappa shape index (κ3) is 5.20. The summed E-state index contributed by atoms with van der Waals surface area (Å²) in [6.07, 6.45) is 6.97. The first kappa shape index (κ1) is 20.8. The number of rotatable bonds is 6. The number of sulfone groups is 1. The smallest absolute Gasteiger partial charge is 0.248 e. The van der Waals surface area contributed by atoms with Gasteiger partial charge in [0.05, 0.1) is 17.5 Å². The monoisotopic (exact) mass is 438 g/mol. The van der Waals surface area contributed by atoms with E-state index in [9.17, 15) is 17.6 Å². The molecule has 29 heavy (non-hydrogen) atoms. The predicted octanol–water partition coefficient (Wildman–Crippen LogP) is 3.44. The molecule has 2 atom stereocenters. The van der Waals surface area contributed by atoms with Gasteiger partial charge < -0.3 is 4.90 Å². The van der Waals surface area contributed by atoms with Gasteiger partial charge in [0, 0.05) is 18.2 Å². The number of hydrogen-bond acceptors (Lipinski definition) is 4. The SMILES string of the molecule is O=C(CCC1CCCC1)N=C1S[C@H]2CS(=O)(=O)C[C@@H]2N1CCc1ccc(F)cc1. The maximum Gasteiger partial charge on any atom is 0.248 e. The fraction of sp³-hybridized carbons (Fsp3) is 0.619. The van der Waals surface area contributed by atoms with Gasteiger partial charge in [0.25, 0.3) is 0 Å². The molecule has 2 aliphatic heterocycles. The number of halogens is 1. The van der Waals surface area contributed by atoms with Crippen molar-refractivity contribution in [2.75, 3.05) is 18.1 Å². The molecule has 8 heteroatoms. The molecule has 0 aromatic heterocycles. The first-order valence-electron chi connectivity index (χ1n) is 10.4. The van der Waals surface area contributed by atoms with E-state index in [0.717, 1.165) is 12.0 Å². The van der Waals surface area contributed by atoms with Gasteiger partial charge in [-0.25, -0.2) is 12.8 Å². The lowest BCUT2D eigenvalue weighted by atomic mass is 10.0. The van der Waals surface area contributed by atoms with Crippen LogP contribution in [0.3, 0.4) is 0 Å². The van der Waals surface area contributed by atoms with Gasteiger partial charge in [-0.1, -0.05) is 49.6 Å². The van der Waals surface area contributed by atoms with E-state index in [1.54, 1.807) is 12.1 Å². The fourth-order valence-electron chi connectivity index (χ4n) is 4.59. The molecule has 0 radical (unpaired) electrons. The number of thioether (sulfide) groups is 1. The summed E-state index contributed by atoms with van der Waals surface area (Å²) in [5.41, 5.74) is 0.979. The van der Waals surface area contributed by atoms with Crippen molar-refractivity contribution in [2.45, 2.75) is 56.2 Å². The van der Waals surface area contributed by atoms with Gasteiger partial charge in [0.15, 0.2) is 15.0 Å². The minimum atomic E-state index is -3.05. The van der Waals surface area contributed by atoms with Gasteiger partial charge in [0.1, 0.15) is 5.82 Å². The molecule has 2 heterocycles. The molecule has 2 saturated heterocycles. The van der Waals surface area contributed by atoms with Crippen LogP contribution >= 0.6 is 11.8 Å². The highest BCUT2D eigenvalue weighted by Gasteiger charge is 2.48. The van der Waals surface area contributed by atoms with Crippen molar-refractivity contribution in [2.24, 2.45) is 10.9 Å². The highest BCUT2D eigenvalue weighted by Crippen LogP contribution is 2.38. The second-order valence-corrected chi connectivity index (χ2v) is 11.7. The maximum atomic E-state index is 13.1. The first-order valence-corrected chi connectivity index (χ1v) is 13.1. The summed E-state index contributed by atoms with van der Waals surface area (Å²) in [4.78, 5) is 18.9. The van der Waals surface area contributed by atoms with Crippen LogP contribution in [0.25, 0.3) is 0 Å². The lowest BCUT2D eigenvalue weighted by Crippen LogP contribution is -2.39. The van der Waals surface area contributed by atoms with E-state index in [0.29, 0.717) is 30.5 Å². The Morgan fingerprint density at radius 3 is 2.62 bits per heavy atom. The number of hydrogen-bond donors (Lipinski definition) is 0. The van der Waals surface area contributed by atoms with Crippen molar-refractivity contribution < 1.29 is 17.6 Å². The average molecular weight is 439 g/mol. The Bertz CT molecular complexity index is 880. The van der Waals surface area contributed by atoms with E-state index in [-0.39, 0.29) is 34.5 Å². The molecule has 158 valence electrons. The topological polar surface area (TPSA) is 66.8 Å². The Balaban J connectivity index is 1.44. The molecule has 4 rings (SSSR count). The fourth-order valence-corrected chi connectivity index (χ4v) is 8.58. The Kier molecular flexibility index (Phi) is 6.30. The van der Waals surface area contributed by atoms with E-state index in [4.69, 9.17) is 0 Å². The summed E-state index contributed by atoms with van der Waals surface area (Å²) in [7, 11) is -3.05. The van der Waals surface area contributed by atoms with Crippen molar-refractivity contribution in [3.05, 3.63) is 35.6 Å². The summed E-state index contributed by atoms with van der Waals surface area (Å²) >= 11 is 1.43. The molecule has 0 N–H and O–H groups in total. The molecule has 0 spiro atoms. The second-order valence-electron chi connectivity index (χ2n) is 8.35. The minimum Gasteiger partial charge on any atom is -0.346 e. The first-order chi connectivity index (χ1) is 13.9. The normalized spacial score (nSPS) is 27.6.